The minimum absolute atomic E-state index is 0. The third kappa shape index (κ3) is 95.6. The van der Waals surface area contributed by atoms with Gasteiger partial charge in [0.25, 0.3) is 0 Å². The van der Waals surface area contributed by atoms with Crippen molar-refractivity contribution >= 4 is 0 Å². The minimum Gasteiger partial charge on any atom is 3.00 e. The van der Waals surface area contributed by atoms with Crippen LogP contribution in [-0.2, 0) is 35.0 Å². The Morgan fingerprint density at radius 1 is 0.786 bits per heavy atom. The second kappa shape index (κ2) is 77.5. The second-order valence-electron chi connectivity index (χ2n) is 1.33. The van der Waals surface area contributed by atoms with Gasteiger partial charge in [-0.2, -0.15) is 0 Å². The summed E-state index contributed by atoms with van der Waals surface area (Å²) in [6, 6.07) is 0. The molecule has 0 aromatic rings. The van der Waals surface area contributed by atoms with Crippen molar-refractivity contribution in [2.24, 2.45) is 11.5 Å². The van der Waals surface area contributed by atoms with E-state index in [1.807, 2.05) is 0 Å². The molecule has 77 valence electrons. The molecule has 0 rings (SSSR count). The third-order valence-corrected chi connectivity index (χ3v) is 0.642. The molecular formula is C7H13MoN3O3+3. The van der Waals surface area contributed by atoms with Crippen LogP contribution in [0.2, 0.25) is 0 Å². The Bertz CT molecular complexity index is 98.2. The molecule has 1 radical (unpaired) electrons. The third-order valence-electron chi connectivity index (χ3n) is 0.642. The van der Waals surface area contributed by atoms with Crippen molar-refractivity contribution in [2.75, 3.05) is 26.2 Å². The zero-order valence-electron chi connectivity index (χ0n) is 7.62. The van der Waals surface area contributed by atoms with Gasteiger partial charge >= 0.3 is 55.0 Å². The maximum atomic E-state index is 7.50. The molecule has 0 unspecified atom stereocenters. The first-order valence-electron chi connectivity index (χ1n) is 3.14. The van der Waals surface area contributed by atoms with Gasteiger partial charge in [0.1, 0.15) is 0 Å². The predicted molar refractivity (Wildman–Crippen MR) is 42.8 cm³/mol. The SMILES string of the molecule is NCCNCCN.[C-]#[O+].[C-]#[O+].[C-]#[O+].[Mo+3]. The van der Waals surface area contributed by atoms with Crippen molar-refractivity contribution in [1.82, 2.24) is 5.32 Å². The molecule has 14 heavy (non-hydrogen) atoms. The molecule has 0 amide bonds. The molecule has 0 heterocycles. The monoisotopic (exact) mass is 285 g/mol. The Hall–Kier alpha value is -0.212. The smallest absolute Gasteiger partial charge is 3.00 e. The van der Waals surface area contributed by atoms with Crippen LogP contribution in [0.5, 0.6) is 0 Å². The van der Waals surface area contributed by atoms with Gasteiger partial charge in [-0.1, -0.05) is 0 Å². The van der Waals surface area contributed by atoms with Crippen LogP contribution >= 0.6 is 0 Å². The summed E-state index contributed by atoms with van der Waals surface area (Å²) in [7, 11) is 0. The van der Waals surface area contributed by atoms with Gasteiger partial charge in [0.05, 0.1) is 0 Å². The molecule has 0 atom stereocenters. The first kappa shape index (κ1) is 29.2. The van der Waals surface area contributed by atoms with E-state index in [0.717, 1.165) is 13.1 Å². The van der Waals surface area contributed by atoms with Crippen molar-refractivity contribution in [1.29, 1.82) is 0 Å². The summed E-state index contributed by atoms with van der Waals surface area (Å²) in [5, 5.41) is 3.03. The molecular weight excluding hydrogens is 270 g/mol. The molecule has 0 aliphatic heterocycles. The Kier molecular flexibility index (Phi) is 162. The molecule has 0 aromatic carbocycles. The molecule has 0 aliphatic carbocycles. The topological polar surface area (TPSA) is 124 Å². The van der Waals surface area contributed by atoms with Crippen LogP contribution in [0.3, 0.4) is 0 Å². The predicted octanol–water partition coefficient (Wildman–Crippen LogP) is -1.62. The summed E-state index contributed by atoms with van der Waals surface area (Å²) in [5.74, 6) is 0. The number of hydrogen-bond acceptors (Lipinski definition) is 3. The fourth-order valence-corrected chi connectivity index (χ4v) is 0.329. The van der Waals surface area contributed by atoms with E-state index >= 15 is 0 Å². The van der Waals surface area contributed by atoms with E-state index < -0.39 is 0 Å². The maximum Gasteiger partial charge on any atom is 3.00 e. The van der Waals surface area contributed by atoms with Crippen molar-refractivity contribution in [2.45, 2.75) is 0 Å². The van der Waals surface area contributed by atoms with Crippen LogP contribution in [0, 0.1) is 20.0 Å². The fraction of sp³-hybridized carbons (Fsp3) is 0.571. The van der Waals surface area contributed by atoms with Crippen molar-refractivity contribution in [3.63, 3.8) is 0 Å². The number of hydrogen-bond donors (Lipinski definition) is 3. The van der Waals surface area contributed by atoms with Gasteiger partial charge in [-0.05, 0) is 0 Å². The number of nitrogens with one attached hydrogen (secondary N) is 1. The second-order valence-corrected chi connectivity index (χ2v) is 1.33. The van der Waals surface area contributed by atoms with Crippen LogP contribution in [0.25, 0.3) is 0 Å². The maximum absolute atomic E-state index is 7.50. The van der Waals surface area contributed by atoms with Gasteiger partial charge in [-0.25, -0.2) is 0 Å². The summed E-state index contributed by atoms with van der Waals surface area (Å²) in [4.78, 5) is 0. The van der Waals surface area contributed by atoms with E-state index in [0.29, 0.717) is 13.1 Å². The van der Waals surface area contributed by atoms with E-state index in [-0.39, 0.29) is 21.1 Å². The molecule has 0 spiro atoms. The Morgan fingerprint density at radius 3 is 1.14 bits per heavy atom. The van der Waals surface area contributed by atoms with Crippen molar-refractivity contribution < 1.29 is 35.0 Å². The summed E-state index contributed by atoms with van der Waals surface area (Å²) < 4.78 is 22.5. The zero-order chi connectivity index (χ0) is 11.5. The van der Waals surface area contributed by atoms with E-state index in [1.165, 1.54) is 0 Å². The summed E-state index contributed by atoms with van der Waals surface area (Å²) in [6.45, 7) is 16.6. The van der Waals surface area contributed by atoms with Gasteiger partial charge < -0.3 is 16.8 Å². The number of nitrogens with two attached hydrogens (primary N) is 2. The normalized spacial score (nSPS) is 5.14. The molecule has 6 nitrogen and oxygen atoms in total. The van der Waals surface area contributed by atoms with Crippen LogP contribution in [-0.4, -0.2) is 26.2 Å². The van der Waals surface area contributed by atoms with Gasteiger partial charge in [0.15, 0.2) is 0 Å². The quantitative estimate of drug-likeness (QED) is 0.248. The molecule has 0 saturated carbocycles. The average molecular weight is 283 g/mol. The molecule has 0 aliphatic rings. The average Bonchev–Trinajstić information content (AvgIpc) is 2.27. The fourth-order valence-electron chi connectivity index (χ4n) is 0.329. The Balaban J connectivity index is -0.0000000332. The standard InChI is InChI=1S/C4H13N3.3CO.Mo/c5-1-3-7-4-2-6;3*1-2;/h7H,1-6H2;;;;/q;;;;+3. The zero-order valence-corrected chi connectivity index (χ0v) is 9.62. The molecule has 0 fully saturated rings. The van der Waals surface area contributed by atoms with Gasteiger partial charge in [-0.3, -0.25) is 0 Å². The van der Waals surface area contributed by atoms with Gasteiger partial charge in [0, 0.05) is 26.2 Å². The van der Waals surface area contributed by atoms with Crippen LogP contribution in [0.15, 0.2) is 0 Å². The first-order chi connectivity index (χ1) is 6.41. The largest absolute Gasteiger partial charge is 3.00 e. The van der Waals surface area contributed by atoms with Gasteiger partial charge in [-0.15, -0.1) is 0 Å². The molecule has 0 aromatic heterocycles. The summed E-state index contributed by atoms with van der Waals surface area (Å²) in [5.41, 5.74) is 10.3. The molecule has 0 saturated heterocycles. The van der Waals surface area contributed by atoms with E-state index in [1.54, 1.807) is 0 Å². The Morgan fingerprint density at radius 2 is 1.00 bits per heavy atom. The Labute approximate surface area is 98.2 Å². The molecule has 0 bridgehead atoms. The number of rotatable bonds is 4. The first-order valence-corrected chi connectivity index (χ1v) is 3.14. The van der Waals surface area contributed by atoms with Crippen LogP contribution in [0.4, 0.5) is 0 Å². The summed E-state index contributed by atoms with van der Waals surface area (Å²) >= 11 is 0. The van der Waals surface area contributed by atoms with E-state index in [4.69, 9.17) is 25.4 Å². The summed E-state index contributed by atoms with van der Waals surface area (Å²) in [6.07, 6.45) is 0. The van der Waals surface area contributed by atoms with Gasteiger partial charge in [0.2, 0.25) is 0 Å². The van der Waals surface area contributed by atoms with Crippen molar-refractivity contribution in [3.05, 3.63) is 20.0 Å². The van der Waals surface area contributed by atoms with E-state index in [9.17, 15) is 0 Å². The minimum atomic E-state index is 0. The van der Waals surface area contributed by atoms with Crippen LogP contribution in [0.1, 0.15) is 0 Å². The molecule has 5 N–H and O–H groups in total. The van der Waals surface area contributed by atoms with Crippen LogP contribution < -0.4 is 16.8 Å². The molecule has 7 heteroatoms. The van der Waals surface area contributed by atoms with E-state index in [2.05, 4.69) is 25.3 Å². The van der Waals surface area contributed by atoms with Crippen molar-refractivity contribution in [3.8, 4) is 0 Å².